The molecule has 1 heterocycles. The van der Waals surface area contributed by atoms with E-state index in [1.54, 1.807) is 0 Å². The van der Waals surface area contributed by atoms with E-state index in [9.17, 15) is 0 Å². The Morgan fingerprint density at radius 3 is 2.83 bits per heavy atom. The molecule has 0 aliphatic carbocycles. The van der Waals surface area contributed by atoms with Gasteiger partial charge in [0.2, 0.25) is 0 Å². The summed E-state index contributed by atoms with van der Waals surface area (Å²) in [4.78, 5) is 4.68. The van der Waals surface area contributed by atoms with Crippen molar-refractivity contribution in [2.75, 3.05) is 43.1 Å². The Morgan fingerprint density at radius 2 is 2.06 bits per heavy atom. The van der Waals surface area contributed by atoms with E-state index in [0.717, 1.165) is 43.9 Å². The van der Waals surface area contributed by atoms with Gasteiger partial charge in [0.05, 0.1) is 11.4 Å². The smallest absolute Gasteiger partial charge is 0.0618 e. The van der Waals surface area contributed by atoms with Crippen molar-refractivity contribution in [1.82, 2.24) is 0 Å². The molecular formula is C14H21ClN2O. The molecule has 1 aliphatic rings. The lowest BCUT2D eigenvalue weighted by Crippen LogP contribution is -2.25. The minimum absolute atomic E-state index is 0.274. The van der Waals surface area contributed by atoms with Crippen molar-refractivity contribution in [2.45, 2.75) is 19.3 Å². The number of nitrogens with zero attached hydrogens (tertiary/aromatic N) is 2. The van der Waals surface area contributed by atoms with Crippen LogP contribution < -0.4 is 9.80 Å². The average Bonchev–Trinajstić information content (AvgIpc) is 2.50. The number of rotatable bonds is 4. The van der Waals surface area contributed by atoms with E-state index in [4.69, 9.17) is 16.7 Å². The molecule has 0 spiro atoms. The van der Waals surface area contributed by atoms with Crippen molar-refractivity contribution in [2.24, 2.45) is 0 Å². The number of halogens is 1. The molecule has 0 unspecified atom stereocenters. The van der Waals surface area contributed by atoms with Gasteiger partial charge < -0.3 is 14.9 Å². The van der Waals surface area contributed by atoms with Gasteiger partial charge >= 0.3 is 0 Å². The van der Waals surface area contributed by atoms with E-state index in [1.165, 1.54) is 11.4 Å². The second-order valence-electron chi connectivity index (χ2n) is 4.83. The van der Waals surface area contributed by atoms with Gasteiger partial charge in [-0.2, -0.15) is 0 Å². The predicted molar refractivity (Wildman–Crippen MR) is 77.9 cm³/mol. The van der Waals surface area contributed by atoms with Crippen molar-refractivity contribution in [3.8, 4) is 0 Å². The van der Waals surface area contributed by atoms with Crippen LogP contribution in [0.25, 0.3) is 0 Å². The van der Waals surface area contributed by atoms with Crippen LogP contribution in [0.5, 0.6) is 0 Å². The van der Waals surface area contributed by atoms with Gasteiger partial charge in [-0.05, 0) is 37.5 Å². The zero-order valence-corrected chi connectivity index (χ0v) is 11.7. The molecule has 1 aromatic rings. The van der Waals surface area contributed by atoms with E-state index < -0.39 is 0 Å². The third kappa shape index (κ3) is 3.09. The SMILES string of the molecule is CN1CCCN(CCCCO)c2cc(Cl)ccc21. The Bertz CT molecular complexity index is 397. The topological polar surface area (TPSA) is 26.7 Å². The highest BCUT2D eigenvalue weighted by atomic mass is 35.5. The Labute approximate surface area is 114 Å². The summed E-state index contributed by atoms with van der Waals surface area (Å²) in [6.45, 7) is 3.39. The molecule has 100 valence electrons. The molecule has 1 aromatic carbocycles. The van der Waals surface area contributed by atoms with Gasteiger partial charge in [-0.15, -0.1) is 0 Å². The number of unbranched alkanes of at least 4 members (excludes halogenated alkanes) is 1. The monoisotopic (exact) mass is 268 g/mol. The summed E-state index contributed by atoms with van der Waals surface area (Å²) in [5.74, 6) is 0. The predicted octanol–water partition coefficient (Wildman–Crippen LogP) is 2.76. The quantitative estimate of drug-likeness (QED) is 0.851. The number of aliphatic hydroxyl groups is 1. The van der Waals surface area contributed by atoms with Gasteiger partial charge in [0, 0.05) is 38.3 Å². The lowest BCUT2D eigenvalue weighted by atomic mass is 10.2. The van der Waals surface area contributed by atoms with Gasteiger partial charge in [0.15, 0.2) is 0 Å². The molecule has 0 fully saturated rings. The van der Waals surface area contributed by atoms with E-state index in [-0.39, 0.29) is 6.61 Å². The second-order valence-corrected chi connectivity index (χ2v) is 5.26. The fourth-order valence-electron chi connectivity index (χ4n) is 2.46. The molecule has 0 saturated heterocycles. The van der Waals surface area contributed by atoms with Crippen LogP contribution in [-0.4, -0.2) is 38.4 Å². The Hall–Kier alpha value is -0.930. The zero-order valence-electron chi connectivity index (χ0n) is 10.9. The molecule has 1 aliphatic heterocycles. The van der Waals surface area contributed by atoms with Crippen LogP contribution in [0.1, 0.15) is 19.3 Å². The molecular weight excluding hydrogens is 248 g/mol. The highest BCUT2D eigenvalue weighted by Gasteiger charge is 2.18. The Morgan fingerprint density at radius 1 is 1.22 bits per heavy atom. The fraction of sp³-hybridized carbons (Fsp3) is 0.571. The van der Waals surface area contributed by atoms with Crippen LogP contribution >= 0.6 is 11.6 Å². The van der Waals surface area contributed by atoms with E-state index >= 15 is 0 Å². The van der Waals surface area contributed by atoms with Crippen LogP contribution in [0.3, 0.4) is 0 Å². The van der Waals surface area contributed by atoms with Crippen LogP contribution in [0.4, 0.5) is 11.4 Å². The highest BCUT2D eigenvalue weighted by Crippen LogP contribution is 2.34. The molecule has 0 atom stereocenters. The summed E-state index contributed by atoms with van der Waals surface area (Å²) < 4.78 is 0. The highest BCUT2D eigenvalue weighted by molar-refractivity contribution is 6.31. The molecule has 3 nitrogen and oxygen atoms in total. The number of hydrogen-bond acceptors (Lipinski definition) is 3. The second kappa shape index (κ2) is 6.30. The summed E-state index contributed by atoms with van der Waals surface area (Å²) >= 11 is 6.12. The Balaban J connectivity index is 2.21. The first-order chi connectivity index (χ1) is 8.72. The molecule has 4 heteroatoms. The zero-order chi connectivity index (χ0) is 13.0. The first kappa shape index (κ1) is 13.5. The summed E-state index contributed by atoms with van der Waals surface area (Å²) in [5, 5.41) is 9.67. The number of fused-ring (bicyclic) bond motifs is 1. The fourth-order valence-corrected chi connectivity index (χ4v) is 2.63. The largest absolute Gasteiger partial charge is 0.396 e. The molecule has 0 amide bonds. The maximum absolute atomic E-state index is 8.88. The van der Waals surface area contributed by atoms with Gasteiger partial charge in [0.25, 0.3) is 0 Å². The van der Waals surface area contributed by atoms with Crippen LogP contribution in [0.2, 0.25) is 5.02 Å². The van der Waals surface area contributed by atoms with Crippen LogP contribution in [0.15, 0.2) is 18.2 Å². The lowest BCUT2D eigenvalue weighted by Gasteiger charge is -2.26. The van der Waals surface area contributed by atoms with E-state index in [2.05, 4.69) is 29.0 Å². The van der Waals surface area contributed by atoms with Crippen molar-refractivity contribution in [1.29, 1.82) is 0 Å². The maximum Gasteiger partial charge on any atom is 0.0618 e. The van der Waals surface area contributed by atoms with Gasteiger partial charge in [0.1, 0.15) is 0 Å². The minimum atomic E-state index is 0.274. The summed E-state index contributed by atoms with van der Waals surface area (Å²) in [7, 11) is 2.13. The van der Waals surface area contributed by atoms with Crippen molar-refractivity contribution in [3.63, 3.8) is 0 Å². The van der Waals surface area contributed by atoms with E-state index in [0.29, 0.717) is 0 Å². The van der Waals surface area contributed by atoms with Crippen molar-refractivity contribution >= 4 is 23.0 Å². The molecule has 0 bridgehead atoms. The standard InChI is InChI=1S/C14H21ClN2O/c1-16-7-4-9-17(8-2-3-10-18)14-11-12(15)5-6-13(14)16/h5-6,11,18H,2-4,7-10H2,1H3. The molecule has 0 saturated carbocycles. The van der Waals surface area contributed by atoms with Gasteiger partial charge in [-0.3, -0.25) is 0 Å². The van der Waals surface area contributed by atoms with Crippen molar-refractivity contribution < 1.29 is 5.11 Å². The number of hydrogen-bond donors (Lipinski definition) is 1. The van der Waals surface area contributed by atoms with Gasteiger partial charge in [-0.25, -0.2) is 0 Å². The summed E-state index contributed by atoms with van der Waals surface area (Å²) in [6, 6.07) is 6.10. The van der Waals surface area contributed by atoms with Crippen LogP contribution in [-0.2, 0) is 0 Å². The normalized spacial score (nSPS) is 15.5. The van der Waals surface area contributed by atoms with E-state index in [1.807, 2.05) is 6.07 Å². The molecule has 18 heavy (non-hydrogen) atoms. The van der Waals surface area contributed by atoms with Crippen LogP contribution in [0, 0.1) is 0 Å². The number of aliphatic hydroxyl groups excluding tert-OH is 1. The first-order valence-corrected chi connectivity index (χ1v) is 6.96. The number of anilines is 2. The summed E-state index contributed by atoms with van der Waals surface area (Å²) in [5.41, 5.74) is 2.47. The third-order valence-corrected chi connectivity index (χ3v) is 3.68. The maximum atomic E-state index is 8.88. The summed E-state index contributed by atoms with van der Waals surface area (Å²) in [6.07, 6.45) is 3.04. The number of benzene rings is 1. The molecule has 0 aromatic heterocycles. The molecule has 0 radical (unpaired) electrons. The van der Waals surface area contributed by atoms with Gasteiger partial charge in [-0.1, -0.05) is 11.6 Å². The first-order valence-electron chi connectivity index (χ1n) is 6.59. The average molecular weight is 269 g/mol. The lowest BCUT2D eigenvalue weighted by molar-refractivity contribution is 0.285. The molecule has 2 rings (SSSR count). The molecule has 1 N–H and O–H groups in total. The Kier molecular flexibility index (Phi) is 4.72. The van der Waals surface area contributed by atoms with Crippen molar-refractivity contribution in [3.05, 3.63) is 23.2 Å². The minimum Gasteiger partial charge on any atom is -0.396 e. The third-order valence-electron chi connectivity index (χ3n) is 3.45.